The Morgan fingerprint density at radius 2 is 2.05 bits per heavy atom. The van der Waals surface area contributed by atoms with Crippen molar-refractivity contribution in [2.24, 2.45) is 0 Å². The molecule has 2 amide bonds. The molecule has 0 aliphatic rings. The molecule has 0 spiro atoms. The first-order valence-corrected chi connectivity index (χ1v) is 5.61. The number of hydrogen-bond acceptors (Lipinski definition) is 2. The summed E-state index contributed by atoms with van der Waals surface area (Å²) in [5.74, 6) is -1.86. The molecule has 0 saturated carbocycles. The van der Waals surface area contributed by atoms with Gasteiger partial charge < -0.3 is 15.7 Å². The molecule has 0 heterocycles. The van der Waals surface area contributed by atoms with Crippen molar-refractivity contribution >= 4 is 17.7 Å². The van der Waals surface area contributed by atoms with E-state index in [0.29, 0.717) is 6.54 Å². The number of nitrogens with one attached hydrogen (secondary N) is 2. The molecular formula is C13H15FN2O3. The Bertz CT molecular complexity index is 523. The van der Waals surface area contributed by atoms with Gasteiger partial charge in [0.25, 0.3) is 0 Å². The van der Waals surface area contributed by atoms with E-state index < -0.39 is 17.8 Å². The zero-order valence-electron chi connectivity index (χ0n) is 10.7. The van der Waals surface area contributed by atoms with Crippen molar-refractivity contribution in [1.82, 2.24) is 5.32 Å². The van der Waals surface area contributed by atoms with Gasteiger partial charge in [-0.15, -0.1) is 0 Å². The number of allylic oxidation sites excluding steroid dienone is 1. The van der Waals surface area contributed by atoms with Gasteiger partial charge in [0, 0.05) is 6.54 Å². The van der Waals surface area contributed by atoms with Gasteiger partial charge in [-0.05, 0) is 32.0 Å². The van der Waals surface area contributed by atoms with E-state index in [1.807, 2.05) is 13.8 Å². The molecular weight excluding hydrogens is 251 g/mol. The maximum absolute atomic E-state index is 13.0. The van der Waals surface area contributed by atoms with E-state index in [-0.39, 0.29) is 11.3 Å². The van der Waals surface area contributed by atoms with Gasteiger partial charge >= 0.3 is 12.0 Å². The van der Waals surface area contributed by atoms with Crippen LogP contribution in [0.3, 0.4) is 0 Å². The Morgan fingerprint density at radius 1 is 1.37 bits per heavy atom. The van der Waals surface area contributed by atoms with Crippen molar-refractivity contribution in [3.63, 3.8) is 0 Å². The highest BCUT2D eigenvalue weighted by Crippen LogP contribution is 2.17. The largest absolute Gasteiger partial charge is 0.478 e. The zero-order chi connectivity index (χ0) is 14.4. The fraction of sp³-hybridized carbons (Fsp3) is 0.231. The van der Waals surface area contributed by atoms with Gasteiger partial charge in [0.05, 0.1) is 11.3 Å². The Morgan fingerprint density at radius 3 is 2.63 bits per heavy atom. The molecule has 0 aliphatic heterocycles. The van der Waals surface area contributed by atoms with Crippen LogP contribution in [-0.2, 0) is 0 Å². The highest BCUT2D eigenvalue weighted by atomic mass is 19.1. The Kier molecular flexibility index (Phi) is 5.05. The standard InChI is InChI=1S/C13H15FN2O3/c1-8(2)5-6-15-13(19)16-11-7-9(14)3-4-10(11)12(17)18/h3-5,7H,6H2,1-2H3,(H,17,18)(H2,15,16,19). The van der Waals surface area contributed by atoms with Crippen LogP contribution in [0.4, 0.5) is 14.9 Å². The van der Waals surface area contributed by atoms with E-state index in [2.05, 4.69) is 10.6 Å². The molecule has 1 rings (SSSR count). The summed E-state index contributed by atoms with van der Waals surface area (Å²) < 4.78 is 13.0. The number of rotatable bonds is 4. The summed E-state index contributed by atoms with van der Waals surface area (Å²) in [6, 6.07) is 2.49. The molecule has 102 valence electrons. The average molecular weight is 266 g/mol. The van der Waals surface area contributed by atoms with Crippen LogP contribution < -0.4 is 10.6 Å². The molecule has 5 nitrogen and oxygen atoms in total. The average Bonchev–Trinajstić information content (AvgIpc) is 2.27. The molecule has 0 radical (unpaired) electrons. The lowest BCUT2D eigenvalue weighted by Gasteiger charge is -2.09. The molecule has 0 atom stereocenters. The minimum atomic E-state index is -1.24. The van der Waals surface area contributed by atoms with Crippen LogP contribution in [-0.4, -0.2) is 23.7 Å². The summed E-state index contributed by atoms with van der Waals surface area (Å²) in [4.78, 5) is 22.4. The van der Waals surface area contributed by atoms with Crippen molar-refractivity contribution in [3.05, 3.63) is 41.2 Å². The van der Waals surface area contributed by atoms with Crippen LogP contribution in [0, 0.1) is 5.82 Å². The van der Waals surface area contributed by atoms with Gasteiger partial charge in [0.15, 0.2) is 0 Å². The lowest BCUT2D eigenvalue weighted by Crippen LogP contribution is -2.29. The first kappa shape index (κ1) is 14.7. The van der Waals surface area contributed by atoms with E-state index in [1.54, 1.807) is 6.08 Å². The lowest BCUT2D eigenvalue weighted by atomic mass is 10.2. The molecule has 0 aromatic heterocycles. The topological polar surface area (TPSA) is 78.4 Å². The molecule has 0 unspecified atom stereocenters. The smallest absolute Gasteiger partial charge is 0.337 e. The number of carbonyl (C=O) groups is 2. The van der Waals surface area contributed by atoms with E-state index in [4.69, 9.17) is 5.11 Å². The molecule has 1 aromatic carbocycles. The molecule has 1 aromatic rings. The molecule has 3 N–H and O–H groups in total. The number of hydrogen-bond donors (Lipinski definition) is 3. The normalized spacial score (nSPS) is 9.63. The molecule has 6 heteroatoms. The van der Waals surface area contributed by atoms with E-state index >= 15 is 0 Å². The number of urea groups is 1. The van der Waals surface area contributed by atoms with Gasteiger partial charge in [-0.25, -0.2) is 14.0 Å². The maximum Gasteiger partial charge on any atom is 0.337 e. The van der Waals surface area contributed by atoms with Crippen LogP contribution in [0.1, 0.15) is 24.2 Å². The predicted molar refractivity (Wildman–Crippen MR) is 69.8 cm³/mol. The monoisotopic (exact) mass is 266 g/mol. The first-order chi connectivity index (χ1) is 8.90. The number of carboxylic acid groups (broad SMARTS) is 1. The summed E-state index contributed by atoms with van der Waals surface area (Å²) in [5.41, 5.74) is 0.790. The highest BCUT2D eigenvalue weighted by Gasteiger charge is 2.12. The SMILES string of the molecule is CC(C)=CCNC(=O)Nc1cc(F)ccc1C(=O)O. The predicted octanol–water partition coefficient (Wildman–Crippen LogP) is 2.61. The van der Waals surface area contributed by atoms with E-state index in [0.717, 1.165) is 23.8 Å². The lowest BCUT2D eigenvalue weighted by molar-refractivity contribution is 0.0698. The molecule has 19 heavy (non-hydrogen) atoms. The number of carbonyl (C=O) groups excluding carboxylic acids is 1. The minimum absolute atomic E-state index is 0.0813. The van der Waals surface area contributed by atoms with Crippen molar-refractivity contribution in [3.8, 4) is 0 Å². The van der Waals surface area contributed by atoms with Crippen LogP contribution >= 0.6 is 0 Å². The number of carboxylic acids is 1. The second kappa shape index (κ2) is 6.53. The summed E-state index contributed by atoms with van der Waals surface area (Å²) >= 11 is 0. The van der Waals surface area contributed by atoms with Crippen molar-refractivity contribution in [1.29, 1.82) is 0 Å². The number of aromatic carboxylic acids is 1. The number of halogens is 1. The quantitative estimate of drug-likeness (QED) is 0.733. The third-order valence-electron chi connectivity index (χ3n) is 2.23. The van der Waals surface area contributed by atoms with Gasteiger partial charge in [-0.1, -0.05) is 11.6 Å². The number of amides is 2. The second-order valence-corrected chi connectivity index (χ2v) is 4.11. The van der Waals surface area contributed by atoms with Gasteiger partial charge in [0.1, 0.15) is 5.82 Å². The zero-order valence-corrected chi connectivity index (χ0v) is 10.7. The number of benzene rings is 1. The fourth-order valence-electron chi connectivity index (χ4n) is 1.32. The van der Waals surface area contributed by atoms with Crippen LogP contribution in [0.5, 0.6) is 0 Å². The molecule has 0 saturated heterocycles. The third-order valence-corrected chi connectivity index (χ3v) is 2.23. The summed E-state index contributed by atoms with van der Waals surface area (Å²) in [6.07, 6.45) is 1.79. The number of anilines is 1. The Labute approximate surface area is 110 Å². The highest BCUT2D eigenvalue weighted by molar-refractivity contribution is 5.99. The van der Waals surface area contributed by atoms with E-state index in [9.17, 15) is 14.0 Å². The Balaban J connectivity index is 2.75. The summed E-state index contributed by atoms with van der Waals surface area (Å²) in [6.45, 7) is 4.08. The summed E-state index contributed by atoms with van der Waals surface area (Å²) in [5, 5.41) is 13.7. The molecule has 0 bridgehead atoms. The van der Waals surface area contributed by atoms with Crippen LogP contribution in [0.25, 0.3) is 0 Å². The van der Waals surface area contributed by atoms with Crippen molar-refractivity contribution < 1.29 is 19.1 Å². The Hall–Kier alpha value is -2.37. The van der Waals surface area contributed by atoms with E-state index in [1.165, 1.54) is 0 Å². The molecule has 0 aliphatic carbocycles. The maximum atomic E-state index is 13.0. The third kappa shape index (κ3) is 4.79. The molecule has 0 fully saturated rings. The van der Waals surface area contributed by atoms with Crippen LogP contribution in [0.15, 0.2) is 29.8 Å². The van der Waals surface area contributed by atoms with Gasteiger partial charge in [-0.2, -0.15) is 0 Å². The fourth-order valence-corrected chi connectivity index (χ4v) is 1.32. The van der Waals surface area contributed by atoms with Gasteiger partial charge in [-0.3, -0.25) is 0 Å². The van der Waals surface area contributed by atoms with Gasteiger partial charge in [0.2, 0.25) is 0 Å². The summed E-state index contributed by atoms with van der Waals surface area (Å²) in [7, 11) is 0. The first-order valence-electron chi connectivity index (χ1n) is 5.61. The second-order valence-electron chi connectivity index (χ2n) is 4.11. The van der Waals surface area contributed by atoms with Crippen molar-refractivity contribution in [2.75, 3.05) is 11.9 Å². The minimum Gasteiger partial charge on any atom is -0.478 e. The van der Waals surface area contributed by atoms with Crippen LogP contribution in [0.2, 0.25) is 0 Å². The van der Waals surface area contributed by atoms with Crippen molar-refractivity contribution in [2.45, 2.75) is 13.8 Å².